The summed E-state index contributed by atoms with van der Waals surface area (Å²) in [6.45, 7) is 2.56. The number of ether oxygens (including phenoxy) is 1. The number of carbonyl (C=O) groups is 1. The zero-order valence-corrected chi connectivity index (χ0v) is 15.9. The maximum atomic E-state index is 14.9. The summed E-state index contributed by atoms with van der Waals surface area (Å²) in [7, 11) is 1.51. The zero-order valence-electron chi connectivity index (χ0n) is 15.9. The molecule has 0 atom stereocenters. The Morgan fingerprint density at radius 3 is 2.55 bits per heavy atom. The highest BCUT2D eigenvalue weighted by atomic mass is 19.1. The van der Waals surface area contributed by atoms with Gasteiger partial charge in [-0.15, -0.1) is 0 Å². The molecule has 10 nitrogen and oxygen atoms in total. The van der Waals surface area contributed by atoms with Gasteiger partial charge in [-0.05, 0) is 6.07 Å². The minimum atomic E-state index is -1.32. The van der Waals surface area contributed by atoms with Crippen molar-refractivity contribution in [2.75, 3.05) is 43.1 Å². The number of rotatable bonds is 5. The van der Waals surface area contributed by atoms with Gasteiger partial charge >= 0.3 is 12.1 Å². The molecular weight excluding hydrogens is 381 g/mol. The van der Waals surface area contributed by atoms with Crippen molar-refractivity contribution in [3.8, 4) is 6.01 Å². The summed E-state index contributed by atoms with van der Waals surface area (Å²) in [6, 6.07) is 5.37. The molecule has 0 unspecified atom stereocenters. The number of hydrogen-bond acceptors (Lipinski definition) is 7. The van der Waals surface area contributed by atoms with Crippen LogP contribution in [0, 0.1) is 5.82 Å². The molecule has 1 aromatic heterocycles. The summed E-state index contributed by atoms with van der Waals surface area (Å²) in [4.78, 5) is 26.7. The first-order valence-corrected chi connectivity index (χ1v) is 8.91. The van der Waals surface area contributed by atoms with Crippen LogP contribution in [0.1, 0.15) is 5.56 Å². The molecule has 0 radical (unpaired) electrons. The number of aliphatic imine (C=N–C) groups is 1. The van der Waals surface area contributed by atoms with Crippen LogP contribution in [-0.4, -0.2) is 60.4 Å². The van der Waals surface area contributed by atoms with E-state index in [1.807, 2.05) is 10.2 Å². The van der Waals surface area contributed by atoms with Crippen molar-refractivity contribution in [3.05, 3.63) is 42.0 Å². The van der Waals surface area contributed by atoms with Gasteiger partial charge in [0.05, 0.1) is 37.4 Å². The van der Waals surface area contributed by atoms with Crippen LogP contribution >= 0.6 is 0 Å². The topological polar surface area (TPSA) is 129 Å². The summed E-state index contributed by atoms with van der Waals surface area (Å²) in [5.74, 6) is -0.668. The summed E-state index contributed by atoms with van der Waals surface area (Å²) in [6.07, 6.45) is 2.09. The highest BCUT2D eigenvalue weighted by Gasteiger charge is 2.21. The first kappa shape index (κ1) is 20.1. The average Bonchev–Trinajstić information content (AvgIpc) is 2.73. The highest BCUT2D eigenvalue weighted by Crippen LogP contribution is 2.25. The minimum absolute atomic E-state index is 0.0606. The lowest BCUT2D eigenvalue weighted by atomic mass is 10.1. The maximum absolute atomic E-state index is 14.9. The Morgan fingerprint density at radius 1 is 1.28 bits per heavy atom. The maximum Gasteiger partial charge on any atom is 0.411 e. The summed E-state index contributed by atoms with van der Waals surface area (Å²) in [5.41, 5.74) is 7.14. The molecule has 4 N–H and O–H groups in total. The number of hydrogen-bond donors (Lipinski definition) is 3. The normalized spacial score (nSPS) is 14.6. The number of nitrogens with zero attached hydrogens (tertiary/aromatic N) is 5. The number of halogens is 1. The molecule has 0 spiro atoms. The Bertz CT molecular complexity index is 884. The second-order valence-electron chi connectivity index (χ2n) is 6.28. The van der Waals surface area contributed by atoms with Gasteiger partial charge in [0.2, 0.25) is 0 Å². The van der Waals surface area contributed by atoms with Crippen molar-refractivity contribution in [2.45, 2.75) is 6.54 Å². The molecule has 1 aromatic carbocycles. The molecule has 1 amide bonds. The minimum Gasteiger partial charge on any atom is -0.467 e. The number of guanidine groups is 1. The van der Waals surface area contributed by atoms with Crippen LogP contribution in [-0.2, 0) is 6.54 Å². The third-order valence-electron chi connectivity index (χ3n) is 4.50. The molecule has 1 aliphatic heterocycles. The van der Waals surface area contributed by atoms with E-state index in [1.54, 1.807) is 30.6 Å². The zero-order chi connectivity index (χ0) is 20.8. The number of carboxylic acid groups (broad SMARTS) is 1. The number of amides is 1. The summed E-state index contributed by atoms with van der Waals surface area (Å²) < 4.78 is 19.9. The number of methoxy groups -OCH3 is 1. The Kier molecular flexibility index (Phi) is 6.27. The first-order valence-electron chi connectivity index (χ1n) is 8.91. The molecule has 29 heavy (non-hydrogen) atoms. The standard InChI is InChI=1S/C18H22FN7O3/c1-29-17-22-10-13(11-23-17)25-5-7-26(8-6-25)14-4-2-3-12(15(14)19)9-21-16(20)24-18(27)28/h2-4,10-11H,5-9H2,1H3,(H,27,28)(H3,20,21,24). The predicted octanol–water partition coefficient (Wildman–Crippen LogP) is 1.03. The average molecular weight is 403 g/mol. The van der Waals surface area contributed by atoms with Gasteiger partial charge in [-0.1, -0.05) is 12.1 Å². The van der Waals surface area contributed by atoms with Crippen LogP contribution in [0.2, 0.25) is 0 Å². The monoisotopic (exact) mass is 403 g/mol. The molecule has 1 aliphatic rings. The van der Waals surface area contributed by atoms with Crippen LogP contribution in [0.4, 0.5) is 20.6 Å². The SMILES string of the molecule is COc1ncc(N2CCN(c3cccc(CN=C(N)NC(=O)O)c3F)CC2)cn1. The van der Waals surface area contributed by atoms with Crippen LogP contribution in [0.25, 0.3) is 0 Å². The van der Waals surface area contributed by atoms with E-state index in [4.69, 9.17) is 15.6 Å². The van der Waals surface area contributed by atoms with Gasteiger partial charge in [-0.2, -0.15) is 0 Å². The molecule has 0 aliphatic carbocycles. The molecule has 3 rings (SSSR count). The van der Waals surface area contributed by atoms with Gasteiger partial charge < -0.3 is 25.4 Å². The van der Waals surface area contributed by atoms with Crippen molar-refractivity contribution < 1.29 is 19.0 Å². The van der Waals surface area contributed by atoms with Gasteiger partial charge in [0.1, 0.15) is 0 Å². The van der Waals surface area contributed by atoms with Gasteiger partial charge in [-0.25, -0.2) is 24.1 Å². The molecule has 0 saturated carbocycles. The Balaban J connectivity index is 1.65. The predicted molar refractivity (Wildman–Crippen MR) is 106 cm³/mol. The van der Waals surface area contributed by atoms with Crippen LogP contribution in [0.15, 0.2) is 35.6 Å². The number of nitrogens with one attached hydrogen (secondary N) is 1. The Morgan fingerprint density at radius 2 is 1.93 bits per heavy atom. The van der Waals surface area contributed by atoms with Crippen LogP contribution < -0.4 is 25.6 Å². The fourth-order valence-corrected chi connectivity index (χ4v) is 3.04. The summed E-state index contributed by atoms with van der Waals surface area (Å²) >= 11 is 0. The Hall–Kier alpha value is -3.63. The smallest absolute Gasteiger partial charge is 0.411 e. The molecule has 154 valence electrons. The van der Waals surface area contributed by atoms with Gasteiger partial charge in [-0.3, -0.25) is 5.32 Å². The van der Waals surface area contributed by atoms with E-state index in [0.29, 0.717) is 43.4 Å². The number of piperazine rings is 1. The van der Waals surface area contributed by atoms with E-state index in [1.165, 1.54) is 7.11 Å². The van der Waals surface area contributed by atoms with Crippen molar-refractivity contribution >= 4 is 23.4 Å². The molecular formula is C18H22FN7O3. The lowest BCUT2D eigenvalue weighted by molar-refractivity contribution is 0.200. The third kappa shape index (κ3) is 5.00. The largest absolute Gasteiger partial charge is 0.467 e. The Labute approximate surface area is 166 Å². The van der Waals surface area contributed by atoms with Crippen LogP contribution in [0.3, 0.4) is 0 Å². The van der Waals surface area contributed by atoms with E-state index >= 15 is 0 Å². The second-order valence-corrected chi connectivity index (χ2v) is 6.28. The fraction of sp³-hybridized carbons (Fsp3) is 0.333. The highest BCUT2D eigenvalue weighted by molar-refractivity contribution is 5.91. The van der Waals surface area contributed by atoms with Crippen molar-refractivity contribution in [2.24, 2.45) is 10.7 Å². The van der Waals surface area contributed by atoms with E-state index < -0.39 is 6.09 Å². The van der Waals surface area contributed by atoms with Crippen molar-refractivity contribution in [1.29, 1.82) is 0 Å². The van der Waals surface area contributed by atoms with E-state index in [2.05, 4.69) is 19.9 Å². The number of nitrogens with two attached hydrogens (primary N) is 1. The van der Waals surface area contributed by atoms with E-state index in [-0.39, 0.29) is 18.3 Å². The molecule has 2 aromatic rings. The number of aromatic nitrogens is 2. The fourth-order valence-electron chi connectivity index (χ4n) is 3.04. The van der Waals surface area contributed by atoms with E-state index in [9.17, 15) is 9.18 Å². The molecule has 11 heteroatoms. The summed E-state index contributed by atoms with van der Waals surface area (Å²) in [5, 5.41) is 10.5. The molecule has 1 fully saturated rings. The lowest BCUT2D eigenvalue weighted by Gasteiger charge is -2.37. The molecule has 0 bridgehead atoms. The van der Waals surface area contributed by atoms with Gasteiger partial charge in [0.15, 0.2) is 11.8 Å². The molecule has 1 saturated heterocycles. The van der Waals surface area contributed by atoms with Crippen LogP contribution in [0.5, 0.6) is 6.01 Å². The first-order chi connectivity index (χ1) is 14.0. The van der Waals surface area contributed by atoms with Gasteiger partial charge in [0, 0.05) is 31.7 Å². The number of benzene rings is 1. The molecule has 2 heterocycles. The number of anilines is 2. The second kappa shape index (κ2) is 9.04. The van der Waals surface area contributed by atoms with Crippen molar-refractivity contribution in [1.82, 2.24) is 15.3 Å². The van der Waals surface area contributed by atoms with Crippen molar-refractivity contribution in [3.63, 3.8) is 0 Å². The third-order valence-corrected chi connectivity index (χ3v) is 4.50. The lowest BCUT2D eigenvalue weighted by Crippen LogP contribution is -2.47. The quantitative estimate of drug-likeness (QED) is 0.499. The van der Waals surface area contributed by atoms with E-state index in [0.717, 1.165) is 5.69 Å². The van der Waals surface area contributed by atoms with Gasteiger partial charge in [0.25, 0.3) is 0 Å².